The molecule has 2 rings (SSSR count). The molecule has 1 unspecified atom stereocenters. The zero-order chi connectivity index (χ0) is 12.6. The van der Waals surface area contributed by atoms with E-state index in [0.717, 1.165) is 0 Å². The van der Waals surface area contributed by atoms with Crippen molar-refractivity contribution in [2.24, 2.45) is 0 Å². The first-order valence-electron chi connectivity index (χ1n) is 4.91. The highest BCUT2D eigenvalue weighted by molar-refractivity contribution is 6.31. The summed E-state index contributed by atoms with van der Waals surface area (Å²) < 4.78 is 0. The van der Waals surface area contributed by atoms with Gasteiger partial charge >= 0.3 is 0 Å². The van der Waals surface area contributed by atoms with Crippen LogP contribution < -0.4 is 4.90 Å². The number of amides is 1. The van der Waals surface area contributed by atoms with Crippen LogP contribution in [0.2, 0.25) is 5.02 Å². The molecule has 6 nitrogen and oxygen atoms in total. The molecule has 0 saturated carbocycles. The number of rotatable bonds is 2. The van der Waals surface area contributed by atoms with Crippen LogP contribution in [0.5, 0.6) is 0 Å². The average molecular weight is 257 g/mol. The third-order valence-corrected chi connectivity index (χ3v) is 2.76. The Morgan fingerprint density at radius 2 is 2.24 bits per heavy atom. The number of hydrogen-bond donors (Lipinski definition) is 1. The van der Waals surface area contributed by atoms with Crippen LogP contribution in [0, 0.1) is 10.1 Å². The molecule has 90 valence electrons. The van der Waals surface area contributed by atoms with Crippen LogP contribution in [-0.4, -0.2) is 28.6 Å². The number of anilines is 1. The Labute approximate surface area is 102 Å². The Morgan fingerprint density at radius 1 is 1.53 bits per heavy atom. The number of hydrogen-bond acceptors (Lipinski definition) is 4. The Balaban J connectivity index is 2.45. The fourth-order valence-corrected chi connectivity index (χ4v) is 1.96. The average Bonchev–Trinajstić information content (AvgIpc) is 2.57. The van der Waals surface area contributed by atoms with Gasteiger partial charge in [0.1, 0.15) is 5.69 Å². The maximum atomic E-state index is 11.6. The summed E-state index contributed by atoms with van der Waals surface area (Å²) in [6, 6.07) is 4.08. The number of nitrogens with zero attached hydrogens (tertiary/aromatic N) is 2. The maximum absolute atomic E-state index is 11.6. The molecule has 1 heterocycles. The highest BCUT2D eigenvalue weighted by Crippen LogP contribution is 2.33. The first kappa shape index (κ1) is 11.8. The van der Waals surface area contributed by atoms with Crippen molar-refractivity contribution in [2.75, 3.05) is 11.4 Å². The van der Waals surface area contributed by atoms with Crippen LogP contribution in [0.3, 0.4) is 0 Å². The summed E-state index contributed by atoms with van der Waals surface area (Å²) in [5, 5.41) is 20.5. The monoisotopic (exact) mass is 256 g/mol. The van der Waals surface area contributed by atoms with E-state index in [0.29, 0.717) is 0 Å². The van der Waals surface area contributed by atoms with Crippen LogP contribution in [0.1, 0.15) is 6.42 Å². The van der Waals surface area contributed by atoms with Crippen molar-refractivity contribution in [1.29, 1.82) is 0 Å². The SMILES string of the molecule is O=C1CC(O)CN1c1ccc(Cl)cc1[N+](=O)[O-]. The van der Waals surface area contributed by atoms with E-state index < -0.39 is 11.0 Å². The first-order valence-corrected chi connectivity index (χ1v) is 5.29. The van der Waals surface area contributed by atoms with Gasteiger partial charge in [-0.15, -0.1) is 0 Å². The first-order chi connectivity index (χ1) is 7.99. The molecule has 0 spiro atoms. The molecule has 0 aliphatic carbocycles. The van der Waals surface area contributed by atoms with Crippen molar-refractivity contribution in [3.63, 3.8) is 0 Å². The fraction of sp³-hybridized carbons (Fsp3) is 0.300. The Kier molecular flexibility index (Phi) is 2.99. The number of halogens is 1. The van der Waals surface area contributed by atoms with Gasteiger partial charge < -0.3 is 10.0 Å². The van der Waals surface area contributed by atoms with Crippen LogP contribution in [0.4, 0.5) is 11.4 Å². The van der Waals surface area contributed by atoms with Gasteiger partial charge in [0, 0.05) is 11.1 Å². The predicted molar refractivity (Wildman–Crippen MR) is 61.1 cm³/mol. The second-order valence-electron chi connectivity index (χ2n) is 3.75. The summed E-state index contributed by atoms with van der Waals surface area (Å²) in [5.41, 5.74) is -0.0686. The quantitative estimate of drug-likeness (QED) is 0.639. The maximum Gasteiger partial charge on any atom is 0.294 e. The van der Waals surface area contributed by atoms with Crippen molar-refractivity contribution in [3.05, 3.63) is 33.3 Å². The summed E-state index contributed by atoms with van der Waals surface area (Å²) in [6.07, 6.45) is -0.794. The largest absolute Gasteiger partial charge is 0.391 e. The summed E-state index contributed by atoms with van der Waals surface area (Å²) >= 11 is 5.68. The number of β-amino-alcohol motifs (C(OH)–C–C–N with tert-alkyl or cyclic N) is 1. The number of nitro benzene ring substituents is 1. The van der Waals surface area contributed by atoms with E-state index in [-0.39, 0.29) is 35.3 Å². The third-order valence-electron chi connectivity index (χ3n) is 2.53. The Bertz CT molecular complexity index is 491. The van der Waals surface area contributed by atoms with E-state index >= 15 is 0 Å². The molecular weight excluding hydrogens is 248 g/mol. The zero-order valence-electron chi connectivity index (χ0n) is 8.67. The number of carbonyl (C=O) groups is 1. The number of nitro groups is 1. The van der Waals surface area contributed by atoms with E-state index in [1.54, 1.807) is 0 Å². The van der Waals surface area contributed by atoms with Gasteiger partial charge in [0.15, 0.2) is 0 Å². The molecule has 0 bridgehead atoms. The van der Waals surface area contributed by atoms with Crippen LogP contribution in [0.25, 0.3) is 0 Å². The van der Waals surface area contributed by atoms with Gasteiger partial charge in [-0.2, -0.15) is 0 Å². The number of aliphatic hydroxyl groups excluding tert-OH is 1. The van der Waals surface area contributed by atoms with E-state index in [2.05, 4.69) is 0 Å². The smallest absolute Gasteiger partial charge is 0.294 e. The molecule has 1 amide bonds. The number of aliphatic hydroxyl groups is 1. The Morgan fingerprint density at radius 3 is 2.76 bits per heavy atom. The highest BCUT2D eigenvalue weighted by atomic mass is 35.5. The van der Waals surface area contributed by atoms with Crippen molar-refractivity contribution >= 4 is 28.9 Å². The lowest BCUT2D eigenvalue weighted by Crippen LogP contribution is -2.26. The van der Waals surface area contributed by atoms with Gasteiger partial charge in [0.25, 0.3) is 5.69 Å². The molecule has 1 aliphatic rings. The number of carbonyl (C=O) groups excluding carboxylic acids is 1. The molecule has 1 saturated heterocycles. The molecule has 7 heteroatoms. The summed E-state index contributed by atoms with van der Waals surface area (Å²) in [5.74, 6) is -0.331. The van der Waals surface area contributed by atoms with Crippen molar-refractivity contribution in [1.82, 2.24) is 0 Å². The minimum absolute atomic E-state index is 0.0141. The van der Waals surface area contributed by atoms with Crippen molar-refractivity contribution < 1.29 is 14.8 Å². The second kappa shape index (κ2) is 4.31. The minimum Gasteiger partial charge on any atom is -0.391 e. The molecule has 1 N–H and O–H groups in total. The highest BCUT2D eigenvalue weighted by Gasteiger charge is 2.33. The fourth-order valence-electron chi connectivity index (χ4n) is 1.79. The van der Waals surface area contributed by atoms with Gasteiger partial charge in [-0.1, -0.05) is 11.6 Å². The number of benzene rings is 1. The topological polar surface area (TPSA) is 83.7 Å². The minimum atomic E-state index is -0.780. The van der Waals surface area contributed by atoms with E-state index in [4.69, 9.17) is 11.6 Å². The van der Waals surface area contributed by atoms with Gasteiger partial charge in [-0.3, -0.25) is 14.9 Å². The zero-order valence-corrected chi connectivity index (χ0v) is 9.42. The third kappa shape index (κ3) is 2.22. The second-order valence-corrected chi connectivity index (χ2v) is 4.19. The molecule has 1 aromatic carbocycles. The Hall–Kier alpha value is -1.66. The lowest BCUT2D eigenvalue weighted by Gasteiger charge is -2.15. The van der Waals surface area contributed by atoms with E-state index in [1.165, 1.54) is 23.1 Å². The van der Waals surface area contributed by atoms with Crippen LogP contribution in [-0.2, 0) is 4.79 Å². The van der Waals surface area contributed by atoms with Gasteiger partial charge in [-0.25, -0.2) is 0 Å². The molecule has 0 radical (unpaired) electrons. The lowest BCUT2D eigenvalue weighted by atomic mass is 10.2. The van der Waals surface area contributed by atoms with Crippen molar-refractivity contribution in [2.45, 2.75) is 12.5 Å². The molecule has 17 heavy (non-hydrogen) atoms. The summed E-state index contributed by atoms with van der Waals surface area (Å²) in [7, 11) is 0. The molecular formula is C10H9ClN2O4. The van der Waals surface area contributed by atoms with Crippen LogP contribution >= 0.6 is 11.6 Å². The molecule has 1 aliphatic heterocycles. The molecule has 1 fully saturated rings. The molecule has 1 atom stereocenters. The normalized spacial score (nSPS) is 19.8. The van der Waals surface area contributed by atoms with Gasteiger partial charge in [0.05, 0.1) is 24.0 Å². The van der Waals surface area contributed by atoms with E-state index in [9.17, 15) is 20.0 Å². The van der Waals surface area contributed by atoms with Crippen molar-refractivity contribution in [3.8, 4) is 0 Å². The van der Waals surface area contributed by atoms with Crippen LogP contribution in [0.15, 0.2) is 18.2 Å². The predicted octanol–water partition coefficient (Wildman–Crippen LogP) is 1.35. The summed E-state index contributed by atoms with van der Waals surface area (Å²) in [6.45, 7) is 0.0707. The lowest BCUT2D eigenvalue weighted by molar-refractivity contribution is -0.384. The molecule has 1 aromatic rings. The van der Waals surface area contributed by atoms with E-state index in [1.807, 2.05) is 0 Å². The molecule has 0 aromatic heterocycles. The summed E-state index contributed by atoms with van der Waals surface area (Å²) in [4.78, 5) is 23.0. The van der Waals surface area contributed by atoms with Gasteiger partial charge in [-0.05, 0) is 12.1 Å². The van der Waals surface area contributed by atoms with Gasteiger partial charge in [0.2, 0.25) is 5.91 Å². The standard InChI is InChI=1S/C10H9ClN2O4/c11-6-1-2-8(9(3-6)13(16)17)12-5-7(14)4-10(12)15/h1-3,7,14H,4-5H2.